The summed E-state index contributed by atoms with van der Waals surface area (Å²) in [5, 5.41) is 18.9. The number of benzene rings is 1. The van der Waals surface area contributed by atoms with Gasteiger partial charge in [0.25, 0.3) is 0 Å². The zero-order valence-corrected chi connectivity index (χ0v) is 11.8. The molecule has 0 spiro atoms. The molecule has 1 aromatic carbocycles. The molecule has 0 saturated carbocycles. The zero-order valence-electron chi connectivity index (χ0n) is 11.8. The molecule has 0 aliphatic carbocycles. The smallest absolute Gasteiger partial charge is 0.334 e. The van der Waals surface area contributed by atoms with Crippen LogP contribution in [0.15, 0.2) is 18.2 Å². The molecule has 1 N–H and O–H groups in total. The first-order chi connectivity index (χ1) is 10.1. The van der Waals surface area contributed by atoms with E-state index >= 15 is 0 Å². The molecule has 0 bridgehead atoms. The molecule has 5 nitrogen and oxygen atoms in total. The Balaban J connectivity index is 2.07. The van der Waals surface area contributed by atoms with Gasteiger partial charge in [-0.25, -0.2) is 9.18 Å². The molecule has 1 aromatic rings. The van der Waals surface area contributed by atoms with Crippen molar-refractivity contribution in [3.8, 4) is 6.07 Å². The second-order valence-electron chi connectivity index (χ2n) is 5.04. The van der Waals surface area contributed by atoms with Gasteiger partial charge in [0.1, 0.15) is 17.4 Å². The molecular weight excluding hydrogens is 275 g/mol. The SMILES string of the molecule is COC(=O)[C@@H](O)C1CCN(c2cccc(F)c2C#N)CC1. The number of methoxy groups -OCH3 is 1. The predicted octanol–water partition coefficient (Wildman–Crippen LogP) is 1.45. The fourth-order valence-electron chi connectivity index (χ4n) is 2.66. The standard InChI is InChI=1S/C15H17FN2O3/c1-21-15(20)14(19)10-5-7-18(8-6-10)13-4-2-3-12(16)11(13)9-17/h2-4,10,14,19H,5-8H2,1H3/t14-/m0/s1. The maximum Gasteiger partial charge on any atom is 0.334 e. The predicted molar refractivity (Wildman–Crippen MR) is 74.1 cm³/mol. The number of anilines is 1. The highest BCUT2D eigenvalue weighted by atomic mass is 19.1. The van der Waals surface area contributed by atoms with Crippen LogP contribution in [0.2, 0.25) is 0 Å². The van der Waals surface area contributed by atoms with E-state index < -0.39 is 17.9 Å². The normalized spacial score (nSPS) is 17.1. The highest BCUT2D eigenvalue weighted by molar-refractivity contribution is 5.74. The third kappa shape index (κ3) is 3.14. The van der Waals surface area contributed by atoms with Crippen LogP contribution in [0.5, 0.6) is 0 Å². The van der Waals surface area contributed by atoms with Gasteiger partial charge in [-0.15, -0.1) is 0 Å². The fourth-order valence-corrected chi connectivity index (χ4v) is 2.66. The number of aliphatic hydroxyl groups is 1. The fraction of sp³-hybridized carbons (Fsp3) is 0.467. The number of hydrogen-bond acceptors (Lipinski definition) is 5. The molecule has 1 saturated heterocycles. The molecule has 0 aromatic heterocycles. The number of nitriles is 1. The van der Waals surface area contributed by atoms with Crippen LogP contribution in [0.1, 0.15) is 18.4 Å². The minimum absolute atomic E-state index is 0.0319. The molecule has 1 atom stereocenters. The Bertz CT molecular complexity index is 563. The van der Waals surface area contributed by atoms with Crippen LogP contribution in [-0.4, -0.2) is 37.4 Å². The highest BCUT2D eigenvalue weighted by Crippen LogP contribution is 2.29. The first kappa shape index (κ1) is 15.3. The lowest BCUT2D eigenvalue weighted by molar-refractivity contribution is -0.153. The number of ether oxygens (including phenoxy) is 1. The average Bonchev–Trinajstić information content (AvgIpc) is 2.53. The number of esters is 1. The molecule has 1 aliphatic heterocycles. The van der Waals surface area contributed by atoms with Crippen molar-refractivity contribution in [3.63, 3.8) is 0 Å². The summed E-state index contributed by atoms with van der Waals surface area (Å²) in [4.78, 5) is 13.2. The molecule has 1 heterocycles. The van der Waals surface area contributed by atoms with Crippen molar-refractivity contribution in [2.45, 2.75) is 18.9 Å². The molecule has 2 rings (SSSR count). The van der Waals surface area contributed by atoms with Crippen LogP contribution in [0, 0.1) is 23.1 Å². The Kier molecular flexibility index (Phi) is 4.76. The monoisotopic (exact) mass is 292 g/mol. The van der Waals surface area contributed by atoms with Gasteiger partial charge >= 0.3 is 5.97 Å². The minimum atomic E-state index is -1.12. The highest BCUT2D eigenvalue weighted by Gasteiger charge is 2.31. The van der Waals surface area contributed by atoms with E-state index in [0.717, 1.165) is 0 Å². The van der Waals surface area contributed by atoms with Gasteiger partial charge in [-0.2, -0.15) is 5.26 Å². The molecule has 112 valence electrons. The summed E-state index contributed by atoms with van der Waals surface area (Å²) in [6.45, 7) is 1.10. The lowest BCUT2D eigenvalue weighted by Crippen LogP contribution is -2.41. The van der Waals surface area contributed by atoms with Crippen LogP contribution in [-0.2, 0) is 9.53 Å². The van der Waals surface area contributed by atoms with Gasteiger partial charge < -0.3 is 14.7 Å². The van der Waals surface area contributed by atoms with Gasteiger partial charge in [0.05, 0.1) is 12.8 Å². The maximum absolute atomic E-state index is 13.6. The molecule has 0 radical (unpaired) electrons. The maximum atomic E-state index is 13.6. The first-order valence-corrected chi connectivity index (χ1v) is 6.78. The second-order valence-corrected chi connectivity index (χ2v) is 5.04. The third-order valence-corrected chi connectivity index (χ3v) is 3.87. The first-order valence-electron chi connectivity index (χ1n) is 6.78. The van der Waals surface area contributed by atoms with E-state index in [-0.39, 0.29) is 11.5 Å². The van der Waals surface area contributed by atoms with Crippen molar-refractivity contribution in [1.82, 2.24) is 0 Å². The van der Waals surface area contributed by atoms with Crippen molar-refractivity contribution in [3.05, 3.63) is 29.6 Å². The number of aliphatic hydroxyl groups excluding tert-OH is 1. The average molecular weight is 292 g/mol. The number of halogens is 1. The van der Waals surface area contributed by atoms with Crippen molar-refractivity contribution < 1.29 is 19.0 Å². The zero-order chi connectivity index (χ0) is 15.4. The van der Waals surface area contributed by atoms with E-state index in [2.05, 4.69) is 4.74 Å². The van der Waals surface area contributed by atoms with Gasteiger partial charge in [0.15, 0.2) is 6.10 Å². The number of carbonyl (C=O) groups excluding carboxylic acids is 1. The van der Waals surface area contributed by atoms with E-state index in [9.17, 15) is 14.3 Å². The topological polar surface area (TPSA) is 73.6 Å². The van der Waals surface area contributed by atoms with Crippen LogP contribution in [0.25, 0.3) is 0 Å². The van der Waals surface area contributed by atoms with Crippen LogP contribution in [0.4, 0.5) is 10.1 Å². The molecule has 1 fully saturated rings. The lowest BCUT2D eigenvalue weighted by Gasteiger charge is -2.35. The summed E-state index contributed by atoms with van der Waals surface area (Å²) < 4.78 is 18.1. The summed E-state index contributed by atoms with van der Waals surface area (Å²) in [6.07, 6.45) is 0.0371. The number of carbonyl (C=O) groups is 1. The van der Waals surface area contributed by atoms with Crippen molar-refractivity contribution in [2.24, 2.45) is 5.92 Å². The number of nitrogens with zero attached hydrogens (tertiary/aromatic N) is 2. The van der Waals surface area contributed by atoms with Crippen LogP contribution < -0.4 is 4.90 Å². The number of rotatable bonds is 3. The van der Waals surface area contributed by atoms with Gasteiger partial charge in [0.2, 0.25) is 0 Å². The van der Waals surface area contributed by atoms with E-state index in [1.54, 1.807) is 12.1 Å². The molecule has 21 heavy (non-hydrogen) atoms. The van der Waals surface area contributed by atoms with Crippen molar-refractivity contribution >= 4 is 11.7 Å². The van der Waals surface area contributed by atoms with Crippen LogP contribution >= 0.6 is 0 Å². The molecule has 1 aliphatic rings. The molecule has 6 heteroatoms. The quantitative estimate of drug-likeness (QED) is 0.854. The van der Waals surface area contributed by atoms with Gasteiger partial charge in [-0.05, 0) is 30.9 Å². The molecule has 0 unspecified atom stereocenters. The Labute approximate surface area is 122 Å². The summed E-state index contributed by atoms with van der Waals surface area (Å²) in [6, 6.07) is 6.42. The Hall–Kier alpha value is -2.13. The third-order valence-electron chi connectivity index (χ3n) is 3.87. The van der Waals surface area contributed by atoms with Crippen LogP contribution in [0.3, 0.4) is 0 Å². The number of hydrogen-bond donors (Lipinski definition) is 1. The van der Waals surface area contributed by atoms with E-state index in [4.69, 9.17) is 5.26 Å². The summed E-state index contributed by atoms with van der Waals surface area (Å²) in [5.41, 5.74) is 0.591. The van der Waals surface area contributed by atoms with Gasteiger partial charge in [-0.1, -0.05) is 6.07 Å². The van der Waals surface area contributed by atoms with Gasteiger partial charge in [-0.3, -0.25) is 0 Å². The number of piperidine rings is 1. The summed E-state index contributed by atoms with van der Waals surface area (Å²) >= 11 is 0. The summed E-state index contributed by atoms with van der Waals surface area (Å²) in [7, 11) is 1.24. The van der Waals surface area contributed by atoms with E-state index in [0.29, 0.717) is 31.6 Å². The Morgan fingerprint density at radius 2 is 2.19 bits per heavy atom. The lowest BCUT2D eigenvalue weighted by atomic mass is 9.90. The van der Waals surface area contributed by atoms with Crippen molar-refractivity contribution in [2.75, 3.05) is 25.1 Å². The van der Waals surface area contributed by atoms with E-state index in [1.807, 2.05) is 11.0 Å². The van der Waals surface area contributed by atoms with Crippen molar-refractivity contribution in [1.29, 1.82) is 5.26 Å². The summed E-state index contributed by atoms with van der Waals surface area (Å²) in [5.74, 6) is -1.34. The molecular formula is C15H17FN2O3. The molecule has 0 amide bonds. The Morgan fingerprint density at radius 1 is 1.52 bits per heavy atom. The van der Waals surface area contributed by atoms with Gasteiger partial charge in [0, 0.05) is 13.1 Å². The minimum Gasteiger partial charge on any atom is -0.467 e. The van der Waals surface area contributed by atoms with E-state index in [1.165, 1.54) is 13.2 Å². The Morgan fingerprint density at radius 3 is 2.76 bits per heavy atom. The second kappa shape index (κ2) is 6.55. The largest absolute Gasteiger partial charge is 0.467 e.